The van der Waals surface area contributed by atoms with Crippen molar-refractivity contribution in [2.45, 2.75) is 0 Å². The van der Waals surface area contributed by atoms with E-state index in [-0.39, 0.29) is 0 Å². The average Bonchev–Trinajstić information content (AvgIpc) is 1.90. The van der Waals surface area contributed by atoms with Crippen molar-refractivity contribution in [1.82, 2.24) is 28.2 Å². The molecular weight excluding hydrogens is 1100 g/mol. The van der Waals surface area contributed by atoms with Crippen LogP contribution >= 0.6 is 0 Å². The molecule has 0 saturated heterocycles. The first-order valence-electron chi connectivity index (χ1n) is 30.5. The van der Waals surface area contributed by atoms with Gasteiger partial charge in [0.05, 0.1) is 44.1 Å². The molecule has 0 aliphatic rings. The predicted molar refractivity (Wildman–Crippen MR) is 370 cm³/mol. The third kappa shape index (κ3) is 7.12. The molecule has 0 atom stereocenters. The van der Waals surface area contributed by atoms with Crippen molar-refractivity contribution >= 4 is 131 Å². The third-order valence-corrected chi connectivity index (χ3v) is 18.8. The van der Waals surface area contributed by atoms with Crippen molar-refractivity contribution in [2.24, 2.45) is 0 Å². The van der Waals surface area contributed by atoms with E-state index in [9.17, 15) is 0 Å². The molecule has 0 aliphatic heterocycles. The molecule has 418 valence electrons. The van der Waals surface area contributed by atoms with Crippen LogP contribution in [-0.4, -0.2) is 28.2 Å². The lowest BCUT2D eigenvalue weighted by Gasteiger charge is -2.15. The highest BCUT2D eigenvalue weighted by Crippen LogP contribution is 2.43. The van der Waals surface area contributed by atoms with Crippen molar-refractivity contribution in [2.75, 3.05) is 0 Å². The van der Waals surface area contributed by atoms with Gasteiger partial charge in [0, 0.05) is 76.4 Å². The number of hydrogen-bond acceptors (Lipinski definition) is 4. The van der Waals surface area contributed by atoms with E-state index >= 15 is 0 Å². The quantitative estimate of drug-likeness (QED) is 0.159. The molecule has 0 N–H and O–H groups in total. The molecular formula is C82H48N6O2. The number of benzene rings is 13. The fourth-order valence-corrected chi connectivity index (χ4v) is 14.7. The zero-order valence-corrected chi connectivity index (χ0v) is 48.2. The minimum absolute atomic E-state index is 0.558. The van der Waals surface area contributed by atoms with Gasteiger partial charge in [-0.2, -0.15) is 9.97 Å². The fraction of sp³-hybridized carbons (Fsp3) is 0. The standard InChI is InChI=1S/C82H48N6O2/c1-2-16-55(17-3-1)85-68-24-10-4-18-56(68)62-42-49(30-36-72(62)85)50-33-39-75-65(45-50)59-21-7-13-27-71(59)88(75)82-83-80(86-69-25-11-5-19-57(69)63-43-51(31-37-73(63)86)53-34-40-78-66(46-53)60-22-8-14-28-76(60)89-78)48-81(84-82)87-70-26-12-6-20-58(70)64-44-52(32-38-74(64)87)54-35-41-79-67(47-54)61-23-9-15-29-77(61)90-79/h1-48H. The summed E-state index contributed by atoms with van der Waals surface area (Å²) in [4.78, 5) is 11.5. The van der Waals surface area contributed by atoms with Gasteiger partial charge in [0.1, 0.15) is 34.0 Å². The zero-order chi connectivity index (χ0) is 58.7. The predicted octanol–water partition coefficient (Wildman–Crippen LogP) is 21.7. The molecule has 13 aromatic carbocycles. The Morgan fingerprint density at radius 3 is 0.911 bits per heavy atom. The van der Waals surface area contributed by atoms with E-state index < -0.39 is 0 Å². The number of furan rings is 2. The second kappa shape index (κ2) is 18.6. The average molecular weight is 1150 g/mol. The van der Waals surface area contributed by atoms with Crippen molar-refractivity contribution in [3.63, 3.8) is 0 Å². The number of rotatable bonds is 7. The lowest BCUT2D eigenvalue weighted by molar-refractivity contribution is 0.668. The van der Waals surface area contributed by atoms with Crippen LogP contribution in [0.4, 0.5) is 0 Å². The maximum absolute atomic E-state index is 6.27. The van der Waals surface area contributed by atoms with Gasteiger partial charge in [-0.25, -0.2) is 0 Å². The topological polar surface area (TPSA) is 71.8 Å². The van der Waals surface area contributed by atoms with Gasteiger partial charge in [-0.1, -0.05) is 164 Å². The highest BCUT2D eigenvalue weighted by Gasteiger charge is 2.24. The largest absolute Gasteiger partial charge is 0.456 e. The third-order valence-electron chi connectivity index (χ3n) is 18.8. The summed E-state index contributed by atoms with van der Waals surface area (Å²) < 4.78 is 21.8. The van der Waals surface area contributed by atoms with Crippen LogP contribution in [0.15, 0.2) is 300 Å². The molecule has 0 bridgehead atoms. The summed E-state index contributed by atoms with van der Waals surface area (Å²) in [7, 11) is 0. The molecule has 0 saturated carbocycles. The number of nitrogens with zero attached hydrogens (tertiary/aromatic N) is 6. The lowest BCUT2D eigenvalue weighted by Crippen LogP contribution is -2.10. The van der Waals surface area contributed by atoms with Gasteiger partial charge in [0.2, 0.25) is 5.95 Å². The van der Waals surface area contributed by atoms with Gasteiger partial charge in [-0.15, -0.1) is 0 Å². The molecule has 0 fully saturated rings. The Morgan fingerprint density at radius 1 is 0.200 bits per heavy atom. The van der Waals surface area contributed by atoms with Crippen LogP contribution in [0.1, 0.15) is 0 Å². The SMILES string of the molecule is c1ccc(-n2c3ccccc3c3cc(-c4ccc5c(c4)c4ccccc4n5-c4nc(-n5c6ccccc6c6cc(-c7ccc8oc9ccccc9c8c7)ccc65)cc(-n5c6ccccc6c6cc(-c7ccc8oc9ccccc9c8c7)ccc65)n4)ccc32)cc1. The summed E-state index contributed by atoms with van der Waals surface area (Å²) in [5.74, 6) is 2.05. The Bertz CT molecular complexity index is 6180. The minimum atomic E-state index is 0.558. The van der Waals surface area contributed by atoms with Crippen LogP contribution in [0.25, 0.3) is 188 Å². The Labute approximate surface area is 513 Å². The molecule has 0 unspecified atom stereocenters. The van der Waals surface area contributed by atoms with E-state index in [1.165, 1.54) is 21.8 Å². The molecule has 0 aliphatic carbocycles. The monoisotopic (exact) mass is 1150 g/mol. The Hall–Kier alpha value is -12.3. The second-order valence-corrected chi connectivity index (χ2v) is 23.7. The molecule has 0 amide bonds. The normalized spacial score (nSPS) is 12.2. The first-order valence-corrected chi connectivity index (χ1v) is 30.5. The van der Waals surface area contributed by atoms with Crippen molar-refractivity contribution in [3.05, 3.63) is 291 Å². The van der Waals surface area contributed by atoms with Gasteiger partial charge < -0.3 is 13.4 Å². The molecule has 0 radical (unpaired) electrons. The van der Waals surface area contributed by atoms with Gasteiger partial charge in [0.25, 0.3) is 0 Å². The molecule has 8 nitrogen and oxygen atoms in total. The van der Waals surface area contributed by atoms with E-state index in [2.05, 4.69) is 285 Å². The van der Waals surface area contributed by atoms with Gasteiger partial charge in [-0.3, -0.25) is 13.7 Å². The van der Waals surface area contributed by atoms with Gasteiger partial charge in [-0.05, 0) is 155 Å². The molecule has 7 aromatic heterocycles. The number of aromatic nitrogens is 6. The lowest BCUT2D eigenvalue weighted by atomic mass is 10.0. The van der Waals surface area contributed by atoms with Crippen LogP contribution in [0.3, 0.4) is 0 Å². The molecule has 7 heterocycles. The first-order chi connectivity index (χ1) is 44.6. The maximum Gasteiger partial charge on any atom is 0.238 e. The zero-order valence-electron chi connectivity index (χ0n) is 48.2. The van der Waals surface area contributed by atoms with E-state index in [0.29, 0.717) is 5.95 Å². The van der Waals surface area contributed by atoms with E-state index in [4.69, 9.17) is 18.8 Å². The number of para-hydroxylation sites is 7. The fourth-order valence-electron chi connectivity index (χ4n) is 14.7. The summed E-state index contributed by atoms with van der Waals surface area (Å²) in [5, 5.41) is 13.6. The van der Waals surface area contributed by atoms with Crippen LogP contribution in [0, 0.1) is 0 Å². The summed E-state index contributed by atoms with van der Waals surface area (Å²) >= 11 is 0. The molecule has 20 rings (SSSR count). The minimum Gasteiger partial charge on any atom is -0.456 e. The molecule has 90 heavy (non-hydrogen) atoms. The summed E-state index contributed by atoms with van der Waals surface area (Å²) in [6, 6.07) is 105. The van der Waals surface area contributed by atoms with E-state index in [1.54, 1.807) is 0 Å². The van der Waals surface area contributed by atoms with Crippen LogP contribution in [0.2, 0.25) is 0 Å². The second-order valence-electron chi connectivity index (χ2n) is 23.7. The summed E-state index contributed by atoms with van der Waals surface area (Å²) in [6.45, 7) is 0. The van der Waals surface area contributed by atoms with Crippen molar-refractivity contribution < 1.29 is 8.83 Å². The molecule has 0 spiro atoms. The van der Waals surface area contributed by atoms with E-state index in [1.807, 2.05) is 24.3 Å². The molecule has 20 aromatic rings. The Morgan fingerprint density at radius 2 is 0.489 bits per heavy atom. The Balaban J connectivity index is 0.804. The number of fused-ring (bicyclic) bond motifs is 18. The van der Waals surface area contributed by atoms with Gasteiger partial charge in [0.15, 0.2) is 0 Å². The van der Waals surface area contributed by atoms with Crippen molar-refractivity contribution in [1.29, 1.82) is 0 Å². The first kappa shape index (κ1) is 48.9. The highest BCUT2D eigenvalue weighted by atomic mass is 16.3. The smallest absolute Gasteiger partial charge is 0.238 e. The number of hydrogen-bond donors (Lipinski definition) is 0. The Kier molecular flexibility index (Phi) is 10.1. The van der Waals surface area contributed by atoms with Crippen LogP contribution in [-0.2, 0) is 0 Å². The highest BCUT2D eigenvalue weighted by molar-refractivity contribution is 6.16. The van der Waals surface area contributed by atoms with Crippen LogP contribution in [0.5, 0.6) is 0 Å². The van der Waals surface area contributed by atoms with Gasteiger partial charge >= 0.3 is 0 Å². The summed E-state index contributed by atoms with van der Waals surface area (Å²) in [5.41, 5.74) is 20.0. The molecule has 8 heteroatoms. The van der Waals surface area contributed by atoms with E-state index in [0.717, 1.165) is 160 Å². The van der Waals surface area contributed by atoms with Crippen LogP contribution < -0.4 is 0 Å². The van der Waals surface area contributed by atoms with Crippen molar-refractivity contribution in [3.8, 4) is 56.7 Å². The summed E-state index contributed by atoms with van der Waals surface area (Å²) in [6.07, 6.45) is 0. The maximum atomic E-state index is 6.27.